The van der Waals surface area contributed by atoms with Crippen molar-refractivity contribution in [2.75, 3.05) is 0 Å². The Morgan fingerprint density at radius 1 is 1.07 bits per heavy atom. The summed E-state index contributed by atoms with van der Waals surface area (Å²) in [7, 11) is 0. The van der Waals surface area contributed by atoms with Crippen LogP contribution in [0, 0.1) is 0 Å². The molecule has 0 N–H and O–H groups in total. The van der Waals surface area contributed by atoms with Crippen LogP contribution >= 0.6 is 23.2 Å². The fourth-order valence-corrected chi connectivity index (χ4v) is 1.42. The van der Waals surface area contributed by atoms with Crippen LogP contribution in [0.5, 0.6) is 0 Å². The minimum Gasteiger partial charge on any atom is -0.261 e. The van der Waals surface area contributed by atoms with E-state index in [2.05, 4.69) is 15.0 Å². The minimum absolute atomic E-state index is 0.0444. The van der Waals surface area contributed by atoms with Crippen LogP contribution in [-0.4, -0.2) is 16.8 Å². The highest BCUT2D eigenvalue weighted by Gasteiger charge is 2.17. The number of pyridine rings is 1. The highest BCUT2D eigenvalue weighted by Crippen LogP contribution is 2.03. The van der Waals surface area contributed by atoms with Gasteiger partial charge in [-0.2, -0.15) is 4.99 Å². The zero-order valence-corrected chi connectivity index (χ0v) is 8.00. The summed E-state index contributed by atoms with van der Waals surface area (Å²) in [4.78, 5) is 32.3. The molecule has 0 bridgehead atoms. The number of carbonyl (C=O) groups is 2. The first-order valence-corrected chi connectivity index (χ1v) is 4.21. The second kappa shape index (κ2) is 3.11. The van der Waals surface area contributed by atoms with E-state index in [1.807, 2.05) is 0 Å². The maximum atomic E-state index is 10.9. The van der Waals surface area contributed by atoms with E-state index >= 15 is 0 Å². The molecule has 1 aromatic rings. The number of hydrogen-bond donors (Lipinski definition) is 0. The molecule has 0 radical (unpaired) electrons. The third-order valence-electron chi connectivity index (χ3n) is 1.52. The average molecular weight is 230 g/mol. The molecule has 1 aromatic heterocycles. The van der Waals surface area contributed by atoms with Gasteiger partial charge in [-0.3, -0.25) is 9.59 Å². The number of hydrogen-bond acceptors (Lipinski definition) is 3. The van der Waals surface area contributed by atoms with Crippen molar-refractivity contribution in [1.29, 1.82) is 0 Å². The molecule has 0 saturated carbocycles. The lowest BCUT2D eigenvalue weighted by Crippen LogP contribution is -2.35. The Bertz CT molecular complexity index is 567. The standard InChI is InChI=1S/C7HCl2N3O2/c8-3-1-2-4(5(9)11-3)12-7(14)6(13)10-2/h1H. The van der Waals surface area contributed by atoms with E-state index in [1.165, 1.54) is 6.07 Å². The zero-order valence-electron chi connectivity index (χ0n) is 6.49. The Morgan fingerprint density at radius 2 is 1.71 bits per heavy atom. The van der Waals surface area contributed by atoms with Gasteiger partial charge in [0.25, 0.3) is 0 Å². The first kappa shape index (κ1) is 9.23. The first-order valence-electron chi connectivity index (χ1n) is 3.46. The monoisotopic (exact) mass is 229 g/mol. The molecule has 0 atom stereocenters. The molecule has 0 spiro atoms. The summed E-state index contributed by atoms with van der Waals surface area (Å²) in [5.41, 5.74) is 0. The summed E-state index contributed by atoms with van der Waals surface area (Å²) < 4.78 is 0. The second-order valence-corrected chi connectivity index (χ2v) is 3.18. The summed E-state index contributed by atoms with van der Waals surface area (Å²) in [6.45, 7) is 0. The van der Waals surface area contributed by atoms with Gasteiger partial charge in [0.2, 0.25) is 0 Å². The molecule has 0 aromatic carbocycles. The van der Waals surface area contributed by atoms with Crippen LogP contribution in [0.3, 0.4) is 0 Å². The van der Waals surface area contributed by atoms with Crippen LogP contribution in [0.4, 0.5) is 0 Å². The van der Waals surface area contributed by atoms with E-state index < -0.39 is 11.8 Å². The Morgan fingerprint density at radius 3 is 2.43 bits per heavy atom. The molecular weight excluding hydrogens is 229 g/mol. The van der Waals surface area contributed by atoms with Gasteiger partial charge in [0.1, 0.15) is 10.5 Å². The van der Waals surface area contributed by atoms with Crippen LogP contribution < -0.4 is 10.7 Å². The molecule has 1 aliphatic rings. The van der Waals surface area contributed by atoms with Crippen molar-refractivity contribution in [2.45, 2.75) is 0 Å². The van der Waals surface area contributed by atoms with Gasteiger partial charge in [0.15, 0.2) is 5.15 Å². The highest BCUT2D eigenvalue weighted by atomic mass is 35.5. The highest BCUT2D eigenvalue weighted by molar-refractivity contribution is 6.37. The first-order chi connectivity index (χ1) is 6.58. The molecule has 0 saturated heterocycles. The molecule has 70 valence electrons. The predicted molar refractivity (Wildman–Crippen MR) is 46.6 cm³/mol. The van der Waals surface area contributed by atoms with Gasteiger partial charge in [-0.1, -0.05) is 23.2 Å². The average Bonchev–Trinajstić information content (AvgIpc) is 2.08. The normalized spacial score (nSPS) is 14.4. The van der Waals surface area contributed by atoms with Gasteiger partial charge in [-0.25, -0.2) is 9.98 Å². The van der Waals surface area contributed by atoms with E-state index in [4.69, 9.17) is 23.2 Å². The van der Waals surface area contributed by atoms with Crippen molar-refractivity contribution < 1.29 is 9.59 Å². The SMILES string of the molecule is O=C1N=c2cc(Cl)nc(Cl)c2=NC1=O. The maximum Gasteiger partial charge on any atom is 0.338 e. The van der Waals surface area contributed by atoms with Gasteiger partial charge in [0, 0.05) is 6.07 Å². The van der Waals surface area contributed by atoms with Crippen LogP contribution in [0.2, 0.25) is 10.3 Å². The van der Waals surface area contributed by atoms with Gasteiger partial charge >= 0.3 is 11.8 Å². The molecule has 1 aliphatic heterocycles. The number of aromatic nitrogens is 1. The molecule has 0 aliphatic carbocycles. The lowest BCUT2D eigenvalue weighted by molar-refractivity contribution is -0.135. The predicted octanol–water partition coefficient (Wildman–Crippen LogP) is -0.306. The van der Waals surface area contributed by atoms with Gasteiger partial charge in [0.05, 0.1) is 5.36 Å². The Hall–Kier alpha value is -1.33. The lowest BCUT2D eigenvalue weighted by Gasteiger charge is -1.98. The summed E-state index contributed by atoms with van der Waals surface area (Å²) in [6, 6.07) is 1.32. The van der Waals surface area contributed by atoms with Crippen LogP contribution in [0.15, 0.2) is 16.1 Å². The number of rotatable bonds is 0. The molecule has 0 fully saturated rings. The van der Waals surface area contributed by atoms with E-state index in [0.717, 1.165) is 0 Å². The summed E-state index contributed by atoms with van der Waals surface area (Å²) in [5, 5.41) is 0.298. The Kier molecular flexibility index (Phi) is 2.05. The molecule has 7 heteroatoms. The van der Waals surface area contributed by atoms with Gasteiger partial charge in [-0.05, 0) is 0 Å². The smallest absolute Gasteiger partial charge is 0.261 e. The molecule has 2 amide bonds. The summed E-state index contributed by atoms with van der Waals surface area (Å²) in [6.07, 6.45) is 0. The third kappa shape index (κ3) is 1.40. The molecular formula is C7HCl2N3O2. The lowest BCUT2D eigenvalue weighted by atomic mass is 10.4. The van der Waals surface area contributed by atoms with Crippen molar-refractivity contribution in [1.82, 2.24) is 4.98 Å². The van der Waals surface area contributed by atoms with Crippen LogP contribution in [-0.2, 0) is 9.59 Å². The quantitative estimate of drug-likeness (QED) is 0.453. The Labute approximate surface area is 87.1 Å². The van der Waals surface area contributed by atoms with Crippen molar-refractivity contribution in [3.63, 3.8) is 0 Å². The van der Waals surface area contributed by atoms with Crippen molar-refractivity contribution >= 4 is 35.0 Å². The topological polar surface area (TPSA) is 71.8 Å². The number of carbonyl (C=O) groups excluding carboxylic acids is 2. The number of fused-ring (bicyclic) bond motifs is 1. The Balaban J connectivity index is 2.92. The van der Waals surface area contributed by atoms with Gasteiger partial charge < -0.3 is 0 Å². The largest absolute Gasteiger partial charge is 0.338 e. The fourth-order valence-electron chi connectivity index (χ4n) is 0.961. The number of amides is 2. The van der Waals surface area contributed by atoms with E-state index in [0.29, 0.717) is 0 Å². The minimum atomic E-state index is -0.955. The maximum absolute atomic E-state index is 10.9. The van der Waals surface area contributed by atoms with Crippen LogP contribution in [0.1, 0.15) is 0 Å². The summed E-state index contributed by atoms with van der Waals surface area (Å²) in [5.74, 6) is -1.89. The molecule has 2 heterocycles. The summed E-state index contributed by atoms with van der Waals surface area (Å²) >= 11 is 11.2. The number of nitrogens with zero attached hydrogens (tertiary/aromatic N) is 3. The van der Waals surface area contributed by atoms with Crippen molar-refractivity contribution in [3.8, 4) is 0 Å². The van der Waals surface area contributed by atoms with Crippen LogP contribution in [0.25, 0.3) is 0 Å². The number of halogens is 2. The second-order valence-electron chi connectivity index (χ2n) is 2.44. The third-order valence-corrected chi connectivity index (χ3v) is 1.97. The van der Waals surface area contributed by atoms with Crippen molar-refractivity contribution in [3.05, 3.63) is 27.1 Å². The van der Waals surface area contributed by atoms with Gasteiger partial charge in [-0.15, -0.1) is 0 Å². The van der Waals surface area contributed by atoms with E-state index in [9.17, 15) is 9.59 Å². The molecule has 14 heavy (non-hydrogen) atoms. The fraction of sp³-hybridized carbons (Fsp3) is 0. The molecule has 0 unspecified atom stereocenters. The molecule has 5 nitrogen and oxygen atoms in total. The van der Waals surface area contributed by atoms with E-state index in [1.54, 1.807) is 0 Å². The van der Waals surface area contributed by atoms with E-state index in [-0.39, 0.29) is 21.0 Å². The zero-order chi connectivity index (χ0) is 10.3. The van der Waals surface area contributed by atoms with Crippen molar-refractivity contribution in [2.24, 2.45) is 9.98 Å². The molecule has 2 rings (SSSR count).